The fraction of sp³-hybridized carbons (Fsp3) is 0.447. The largest absolute Gasteiger partial charge is 0.493 e. The number of rotatable bonds is 13. The quantitative estimate of drug-likeness (QED) is 0.163. The van der Waals surface area contributed by atoms with Crippen LogP contribution in [0.4, 0.5) is 5.69 Å². The molecule has 266 valence electrons. The van der Waals surface area contributed by atoms with E-state index in [1.807, 2.05) is 54.8 Å². The Balaban J connectivity index is 1.59. The first-order valence-corrected chi connectivity index (χ1v) is 17.1. The second-order valence-corrected chi connectivity index (χ2v) is 13.3. The zero-order valence-corrected chi connectivity index (χ0v) is 30.1. The second kappa shape index (κ2) is 15.6. The number of hydrogen-bond acceptors (Lipinski definition) is 9. The van der Waals surface area contributed by atoms with Crippen LogP contribution in [-0.4, -0.2) is 53.8 Å². The van der Waals surface area contributed by atoms with Gasteiger partial charge in [0.25, 0.3) is 0 Å². The zero-order valence-electron chi connectivity index (χ0n) is 30.1. The lowest BCUT2D eigenvalue weighted by Crippen LogP contribution is -2.46. The number of anilines is 1. The number of nitrogens with zero attached hydrogens (tertiary/aromatic N) is 3. The van der Waals surface area contributed by atoms with Crippen LogP contribution in [0.3, 0.4) is 0 Å². The van der Waals surface area contributed by atoms with Crippen molar-refractivity contribution in [3.8, 4) is 28.4 Å². The van der Waals surface area contributed by atoms with Crippen LogP contribution in [0, 0.1) is 11.8 Å². The van der Waals surface area contributed by atoms with E-state index in [0.29, 0.717) is 65.5 Å². The molecule has 2 aromatic heterocycles. The van der Waals surface area contributed by atoms with E-state index in [4.69, 9.17) is 14.2 Å². The van der Waals surface area contributed by atoms with Gasteiger partial charge in [-0.05, 0) is 78.1 Å². The number of aryl methyl sites for hydroxylation is 1. The van der Waals surface area contributed by atoms with Gasteiger partial charge in [-0.25, -0.2) is 0 Å². The van der Waals surface area contributed by atoms with Gasteiger partial charge in [0.15, 0.2) is 23.0 Å². The maximum atomic E-state index is 14.2. The Bertz CT molecular complexity index is 1920. The maximum absolute atomic E-state index is 14.2. The van der Waals surface area contributed by atoms with Crippen molar-refractivity contribution in [1.29, 1.82) is 0 Å². The molecule has 2 amide bonds. The highest BCUT2D eigenvalue weighted by Crippen LogP contribution is 2.50. The fourth-order valence-electron chi connectivity index (χ4n) is 6.76. The molecule has 4 unspecified atom stereocenters. The Morgan fingerprint density at radius 2 is 1.76 bits per heavy atom. The summed E-state index contributed by atoms with van der Waals surface area (Å²) >= 11 is 0. The van der Waals surface area contributed by atoms with Crippen LogP contribution in [-0.2, 0) is 16.0 Å². The van der Waals surface area contributed by atoms with E-state index >= 15 is 0 Å². The predicted molar refractivity (Wildman–Crippen MR) is 193 cm³/mol. The summed E-state index contributed by atoms with van der Waals surface area (Å²) < 4.78 is 19.2. The van der Waals surface area contributed by atoms with Crippen LogP contribution in [0.2, 0.25) is 0 Å². The Morgan fingerprint density at radius 3 is 2.42 bits per heavy atom. The molecule has 0 radical (unpaired) electrons. The number of nitrogens with one attached hydrogen (secondary N) is 3. The molecule has 3 N–H and O–H groups in total. The number of pyridine rings is 1. The third-order valence-corrected chi connectivity index (χ3v) is 9.40. The van der Waals surface area contributed by atoms with Gasteiger partial charge in [-0.15, -0.1) is 10.2 Å². The Labute approximate surface area is 292 Å². The van der Waals surface area contributed by atoms with Gasteiger partial charge in [0.1, 0.15) is 6.04 Å². The third kappa shape index (κ3) is 7.39. The van der Waals surface area contributed by atoms with Crippen LogP contribution in [0.5, 0.6) is 17.2 Å². The Kier molecular flexibility index (Phi) is 11.3. The molecule has 12 nitrogen and oxygen atoms in total. The number of ether oxygens (including phenoxy) is 3. The van der Waals surface area contributed by atoms with E-state index < -0.39 is 18.1 Å². The van der Waals surface area contributed by atoms with Gasteiger partial charge in [-0.2, -0.15) is 0 Å². The minimum Gasteiger partial charge on any atom is -0.493 e. The molecule has 1 aliphatic rings. The molecule has 4 atom stereocenters. The van der Waals surface area contributed by atoms with Gasteiger partial charge in [-0.3, -0.25) is 18.8 Å². The zero-order chi connectivity index (χ0) is 36.1. The Morgan fingerprint density at radius 1 is 1.00 bits per heavy atom. The van der Waals surface area contributed by atoms with Crippen molar-refractivity contribution >= 4 is 23.1 Å². The molecule has 0 spiro atoms. The van der Waals surface area contributed by atoms with Crippen LogP contribution < -0.4 is 35.6 Å². The number of methoxy groups -OCH3 is 3. The van der Waals surface area contributed by atoms with Crippen molar-refractivity contribution in [2.24, 2.45) is 11.8 Å². The van der Waals surface area contributed by atoms with Crippen molar-refractivity contribution in [2.45, 2.75) is 78.4 Å². The van der Waals surface area contributed by atoms with Crippen LogP contribution in [0.25, 0.3) is 16.8 Å². The average Bonchev–Trinajstić information content (AvgIpc) is 3.39. The summed E-state index contributed by atoms with van der Waals surface area (Å²) in [6.07, 6.45) is 4.35. The number of carbonyl (C=O) groups is 2. The number of hydrogen-bond donors (Lipinski definition) is 3. The van der Waals surface area contributed by atoms with Crippen LogP contribution in [0.15, 0.2) is 53.5 Å². The molecule has 5 rings (SSSR count). The van der Waals surface area contributed by atoms with E-state index in [9.17, 15) is 14.4 Å². The lowest BCUT2D eigenvalue weighted by molar-refractivity contribution is -0.124. The van der Waals surface area contributed by atoms with Crippen molar-refractivity contribution in [3.63, 3.8) is 0 Å². The highest BCUT2D eigenvalue weighted by Gasteiger charge is 2.32. The van der Waals surface area contributed by atoms with Gasteiger partial charge in [0, 0.05) is 18.7 Å². The minimum absolute atomic E-state index is 0.128. The van der Waals surface area contributed by atoms with E-state index in [1.165, 1.54) is 6.92 Å². The number of benzene rings is 1. The molecular formula is C38H48N6O6. The van der Waals surface area contributed by atoms with E-state index in [0.717, 1.165) is 11.1 Å². The number of carbonyl (C=O) groups excluding carboxylic acids is 2. The standard InChI is InChI=1S/C38H48N6O6/c1-9-22(4)34(38(47)41-29(18-21(2)3)37-43-42-32-12-10-11-17-44(32)37)40-28-16-14-25-26(20-30(28)46)27(39-23(5)45)15-13-24-19-31(48-6)35(49-7)36(50-8)33(24)25/h10-12,14,16-17,19-22,27,29,34H,9,13,15,18H2,1-8H3,(H,39,45)(H,40,46)(H,41,47). The van der Waals surface area contributed by atoms with Gasteiger partial charge in [0.2, 0.25) is 23.0 Å². The van der Waals surface area contributed by atoms with Crippen molar-refractivity contribution in [2.75, 3.05) is 26.6 Å². The van der Waals surface area contributed by atoms with Crippen molar-refractivity contribution in [1.82, 2.24) is 25.2 Å². The molecule has 0 saturated carbocycles. The third-order valence-electron chi connectivity index (χ3n) is 9.40. The molecule has 2 heterocycles. The molecule has 0 fully saturated rings. The normalized spacial score (nSPS) is 15.6. The van der Waals surface area contributed by atoms with Gasteiger partial charge in [-0.1, -0.05) is 46.2 Å². The molecule has 50 heavy (non-hydrogen) atoms. The van der Waals surface area contributed by atoms with Crippen molar-refractivity contribution in [3.05, 3.63) is 75.8 Å². The SMILES string of the molecule is CCC(C)C(Nc1ccc2c(cc1=O)C(NC(C)=O)CCc1cc(OC)c(OC)c(OC)c1-2)C(=O)NC(CC(C)C)c1nnc2ccccn12. The van der Waals surface area contributed by atoms with E-state index in [2.05, 4.69) is 40.0 Å². The number of fused-ring (bicyclic) bond motifs is 4. The summed E-state index contributed by atoms with van der Waals surface area (Å²) in [6, 6.07) is 11.1. The van der Waals surface area contributed by atoms with Crippen LogP contribution in [0.1, 0.15) is 82.9 Å². The average molecular weight is 685 g/mol. The van der Waals surface area contributed by atoms with E-state index in [-0.39, 0.29) is 34.8 Å². The molecule has 0 saturated heterocycles. The monoisotopic (exact) mass is 684 g/mol. The predicted octanol–water partition coefficient (Wildman–Crippen LogP) is 5.64. The van der Waals surface area contributed by atoms with Gasteiger partial charge >= 0.3 is 0 Å². The molecule has 0 aliphatic heterocycles. The van der Waals surface area contributed by atoms with E-state index in [1.54, 1.807) is 33.5 Å². The van der Waals surface area contributed by atoms with Crippen LogP contribution >= 0.6 is 0 Å². The molecule has 1 aliphatic carbocycles. The summed E-state index contributed by atoms with van der Waals surface area (Å²) in [5.74, 6) is 1.74. The molecule has 12 heteroatoms. The highest BCUT2D eigenvalue weighted by molar-refractivity contribution is 5.86. The number of amides is 2. The highest BCUT2D eigenvalue weighted by atomic mass is 16.5. The van der Waals surface area contributed by atoms with Gasteiger partial charge in [0.05, 0.1) is 39.1 Å². The Hall–Kier alpha value is -5.13. The summed E-state index contributed by atoms with van der Waals surface area (Å²) in [7, 11) is 4.68. The maximum Gasteiger partial charge on any atom is 0.243 e. The smallest absolute Gasteiger partial charge is 0.243 e. The lowest BCUT2D eigenvalue weighted by Gasteiger charge is -2.27. The fourth-order valence-corrected chi connectivity index (χ4v) is 6.76. The summed E-state index contributed by atoms with van der Waals surface area (Å²) in [4.78, 5) is 40.7. The summed E-state index contributed by atoms with van der Waals surface area (Å²) in [5, 5.41) is 18.3. The minimum atomic E-state index is -0.735. The molecule has 2 aromatic carbocycles. The number of aromatic nitrogens is 3. The second-order valence-electron chi connectivity index (χ2n) is 13.3. The first-order chi connectivity index (χ1) is 24.0. The molecular weight excluding hydrogens is 636 g/mol. The van der Waals surface area contributed by atoms with Crippen molar-refractivity contribution < 1.29 is 23.8 Å². The topological polar surface area (TPSA) is 145 Å². The van der Waals surface area contributed by atoms with Gasteiger partial charge < -0.3 is 30.2 Å². The first kappa shape index (κ1) is 36.2. The lowest BCUT2D eigenvalue weighted by atomic mass is 9.95. The summed E-state index contributed by atoms with van der Waals surface area (Å²) in [5.41, 5.74) is 3.67. The first-order valence-electron chi connectivity index (χ1n) is 17.1. The molecule has 0 bridgehead atoms. The summed E-state index contributed by atoms with van der Waals surface area (Å²) in [6.45, 7) is 9.65. The molecule has 4 aromatic rings.